The van der Waals surface area contributed by atoms with Crippen molar-refractivity contribution in [3.8, 4) is 5.88 Å². The number of nitrogens with zero attached hydrogens (tertiary/aromatic N) is 1. The van der Waals surface area contributed by atoms with Crippen LogP contribution in [-0.2, 0) is 16.0 Å². The summed E-state index contributed by atoms with van der Waals surface area (Å²) < 4.78 is 5.32. The minimum absolute atomic E-state index is 0.102. The van der Waals surface area contributed by atoms with Crippen LogP contribution in [0.5, 0.6) is 5.88 Å². The van der Waals surface area contributed by atoms with Gasteiger partial charge >= 0.3 is 5.97 Å². The third-order valence-electron chi connectivity index (χ3n) is 2.49. The van der Waals surface area contributed by atoms with Gasteiger partial charge < -0.3 is 15.2 Å². The summed E-state index contributed by atoms with van der Waals surface area (Å²) in [5, 5.41) is 11.4. The van der Waals surface area contributed by atoms with E-state index in [9.17, 15) is 9.59 Å². The highest BCUT2D eigenvalue weighted by Gasteiger charge is 2.11. The molecule has 0 saturated carbocycles. The van der Waals surface area contributed by atoms with Crippen LogP contribution in [0.25, 0.3) is 0 Å². The van der Waals surface area contributed by atoms with Crippen LogP contribution in [0.3, 0.4) is 0 Å². The maximum atomic E-state index is 10.7. The van der Waals surface area contributed by atoms with Gasteiger partial charge in [-0.2, -0.15) is 0 Å². The number of carboxylic acids is 1. The molecule has 0 unspecified atom stereocenters. The minimum atomic E-state index is -0.823. The number of carbonyl (C=O) groups excluding carboxylic acids is 1. The van der Waals surface area contributed by atoms with E-state index in [4.69, 9.17) is 9.84 Å². The Labute approximate surface area is 111 Å². The zero-order valence-electron chi connectivity index (χ0n) is 11.0. The van der Waals surface area contributed by atoms with E-state index in [0.29, 0.717) is 25.5 Å². The Hall–Kier alpha value is -2.11. The van der Waals surface area contributed by atoms with Crippen LogP contribution in [0.4, 0.5) is 0 Å². The number of ether oxygens (including phenoxy) is 1. The standard InChI is InChI=1S/C13H18N2O4/c1-9(13(17)18)7-11-3-4-12(15-8-11)19-6-5-14-10(2)16/h3-4,8-9H,5-7H2,1-2H3,(H,14,16)(H,17,18)/t9-/m0/s1. The molecule has 0 aliphatic rings. The second kappa shape index (κ2) is 7.35. The lowest BCUT2D eigenvalue weighted by Crippen LogP contribution is -2.25. The predicted molar refractivity (Wildman–Crippen MR) is 68.9 cm³/mol. The van der Waals surface area contributed by atoms with Gasteiger partial charge in [-0.1, -0.05) is 13.0 Å². The van der Waals surface area contributed by atoms with Crippen LogP contribution in [-0.4, -0.2) is 35.1 Å². The molecule has 1 rings (SSSR count). The summed E-state index contributed by atoms with van der Waals surface area (Å²) in [6.45, 7) is 3.86. The van der Waals surface area contributed by atoms with Gasteiger partial charge in [0.15, 0.2) is 0 Å². The fourth-order valence-corrected chi connectivity index (χ4v) is 1.44. The molecule has 0 saturated heterocycles. The van der Waals surface area contributed by atoms with Crippen molar-refractivity contribution in [2.24, 2.45) is 5.92 Å². The number of hydrogen-bond donors (Lipinski definition) is 2. The summed E-state index contributed by atoms with van der Waals surface area (Å²) in [4.78, 5) is 25.4. The molecule has 0 radical (unpaired) electrons. The molecule has 0 fully saturated rings. The summed E-state index contributed by atoms with van der Waals surface area (Å²) in [5.74, 6) is -0.907. The molecule has 0 aromatic carbocycles. The zero-order chi connectivity index (χ0) is 14.3. The smallest absolute Gasteiger partial charge is 0.306 e. The quantitative estimate of drug-likeness (QED) is 0.714. The number of hydrogen-bond acceptors (Lipinski definition) is 4. The Morgan fingerprint density at radius 3 is 2.74 bits per heavy atom. The number of amides is 1. The van der Waals surface area contributed by atoms with Gasteiger partial charge in [-0.05, 0) is 12.0 Å². The van der Waals surface area contributed by atoms with Crippen molar-refractivity contribution in [3.63, 3.8) is 0 Å². The molecule has 1 atom stereocenters. The fraction of sp³-hybridized carbons (Fsp3) is 0.462. The van der Waals surface area contributed by atoms with Crippen LogP contribution >= 0.6 is 0 Å². The first kappa shape index (κ1) is 14.9. The first-order chi connectivity index (χ1) is 8.99. The van der Waals surface area contributed by atoms with Crippen molar-refractivity contribution in [2.45, 2.75) is 20.3 Å². The number of nitrogens with one attached hydrogen (secondary N) is 1. The lowest BCUT2D eigenvalue weighted by Gasteiger charge is -2.08. The largest absolute Gasteiger partial charge is 0.481 e. The molecular weight excluding hydrogens is 248 g/mol. The molecule has 1 aromatic rings. The Kier molecular flexibility index (Phi) is 5.78. The molecule has 1 aromatic heterocycles. The molecule has 1 heterocycles. The number of pyridine rings is 1. The number of aromatic nitrogens is 1. The van der Waals surface area contributed by atoms with Crippen molar-refractivity contribution in [1.29, 1.82) is 0 Å². The van der Waals surface area contributed by atoms with Gasteiger partial charge in [-0.25, -0.2) is 4.98 Å². The second-order valence-electron chi connectivity index (χ2n) is 4.28. The van der Waals surface area contributed by atoms with Gasteiger partial charge in [0.05, 0.1) is 12.5 Å². The molecule has 6 heteroatoms. The average Bonchev–Trinajstić information content (AvgIpc) is 2.36. The molecule has 6 nitrogen and oxygen atoms in total. The van der Waals surface area contributed by atoms with Crippen LogP contribution in [0.2, 0.25) is 0 Å². The van der Waals surface area contributed by atoms with Crippen molar-refractivity contribution < 1.29 is 19.4 Å². The molecule has 104 valence electrons. The Bertz CT molecular complexity index is 431. The van der Waals surface area contributed by atoms with Crippen LogP contribution in [0.1, 0.15) is 19.4 Å². The highest BCUT2D eigenvalue weighted by atomic mass is 16.5. The van der Waals surface area contributed by atoms with Crippen molar-refractivity contribution in [3.05, 3.63) is 23.9 Å². The Morgan fingerprint density at radius 1 is 1.47 bits per heavy atom. The third kappa shape index (κ3) is 5.85. The predicted octanol–water partition coefficient (Wildman–Crippen LogP) is 0.860. The van der Waals surface area contributed by atoms with Gasteiger partial charge in [0.25, 0.3) is 0 Å². The zero-order valence-corrected chi connectivity index (χ0v) is 11.0. The van der Waals surface area contributed by atoms with Gasteiger partial charge in [-0.15, -0.1) is 0 Å². The topological polar surface area (TPSA) is 88.5 Å². The van der Waals surface area contributed by atoms with E-state index in [-0.39, 0.29) is 5.91 Å². The van der Waals surface area contributed by atoms with E-state index in [0.717, 1.165) is 5.56 Å². The first-order valence-electron chi connectivity index (χ1n) is 6.04. The molecule has 0 aliphatic heterocycles. The van der Waals surface area contributed by atoms with E-state index in [1.165, 1.54) is 6.92 Å². The van der Waals surface area contributed by atoms with Gasteiger partial charge in [0, 0.05) is 19.2 Å². The SMILES string of the molecule is CC(=O)NCCOc1ccc(C[C@H](C)C(=O)O)cn1. The lowest BCUT2D eigenvalue weighted by atomic mass is 10.0. The second-order valence-corrected chi connectivity index (χ2v) is 4.28. The van der Waals surface area contributed by atoms with E-state index in [1.807, 2.05) is 0 Å². The summed E-state index contributed by atoms with van der Waals surface area (Å²) in [7, 11) is 0. The maximum absolute atomic E-state index is 10.7. The molecule has 19 heavy (non-hydrogen) atoms. The molecule has 0 spiro atoms. The Balaban J connectivity index is 2.39. The maximum Gasteiger partial charge on any atom is 0.306 e. The average molecular weight is 266 g/mol. The van der Waals surface area contributed by atoms with Crippen LogP contribution in [0.15, 0.2) is 18.3 Å². The number of aliphatic carboxylic acids is 1. The van der Waals surface area contributed by atoms with E-state index >= 15 is 0 Å². The minimum Gasteiger partial charge on any atom is -0.481 e. The highest BCUT2D eigenvalue weighted by Crippen LogP contribution is 2.11. The number of rotatable bonds is 7. The molecule has 2 N–H and O–H groups in total. The van der Waals surface area contributed by atoms with Crippen molar-refractivity contribution >= 4 is 11.9 Å². The summed E-state index contributed by atoms with van der Waals surface area (Å²) >= 11 is 0. The molecule has 0 aliphatic carbocycles. The molecular formula is C13H18N2O4. The van der Waals surface area contributed by atoms with Crippen molar-refractivity contribution in [1.82, 2.24) is 10.3 Å². The van der Waals surface area contributed by atoms with Gasteiger partial charge in [0.1, 0.15) is 6.61 Å². The van der Waals surface area contributed by atoms with E-state index < -0.39 is 11.9 Å². The number of carbonyl (C=O) groups is 2. The fourth-order valence-electron chi connectivity index (χ4n) is 1.44. The van der Waals surface area contributed by atoms with Crippen molar-refractivity contribution in [2.75, 3.05) is 13.2 Å². The van der Waals surface area contributed by atoms with Gasteiger partial charge in [-0.3, -0.25) is 9.59 Å². The monoisotopic (exact) mass is 266 g/mol. The lowest BCUT2D eigenvalue weighted by molar-refractivity contribution is -0.141. The molecule has 1 amide bonds. The summed E-state index contributed by atoms with van der Waals surface area (Å²) in [6, 6.07) is 3.48. The summed E-state index contributed by atoms with van der Waals surface area (Å²) in [6.07, 6.45) is 2.04. The third-order valence-corrected chi connectivity index (χ3v) is 2.49. The summed E-state index contributed by atoms with van der Waals surface area (Å²) in [5.41, 5.74) is 0.851. The van der Waals surface area contributed by atoms with Crippen LogP contribution in [0, 0.1) is 5.92 Å². The Morgan fingerprint density at radius 2 is 2.21 bits per heavy atom. The van der Waals surface area contributed by atoms with Gasteiger partial charge in [0.2, 0.25) is 11.8 Å². The number of carboxylic acid groups (broad SMARTS) is 1. The first-order valence-corrected chi connectivity index (χ1v) is 6.04. The van der Waals surface area contributed by atoms with E-state index in [2.05, 4.69) is 10.3 Å². The highest BCUT2D eigenvalue weighted by molar-refractivity contribution is 5.72. The molecule has 0 bridgehead atoms. The van der Waals surface area contributed by atoms with E-state index in [1.54, 1.807) is 25.3 Å². The van der Waals surface area contributed by atoms with Crippen LogP contribution < -0.4 is 10.1 Å². The normalized spacial score (nSPS) is 11.7.